The first kappa shape index (κ1) is 21.0. The van der Waals surface area contributed by atoms with Crippen molar-refractivity contribution < 1.29 is 14.3 Å². The third kappa shape index (κ3) is 7.08. The smallest absolute Gasteiger partial charge is 0.331 e. The molecule has 0 fully saturated rings. The molecule has 0 radical (unpaired) electrons. The van der Waals surface area contributed by atoms with Gasteiger partial charge < -0.3 is 10.1 Å². The lowest BCUT2D eigenvalue weighted by molar-refractivity contribution is -0.144. The Bertz CT molecular complexity index is 806. The number of benzene rings is 2. The van der Waals surface area contributed by atoms with Crippen LogP contribution in [0, 0.1) is 0 Å². The van der Waals surface area contributed by atoms with Crippen LogP contribution < -0.4 is 5.32 Å². The fraction of sp³-hybridized carbons (Fsp3) is 0.238. The number of ether oxygens (including phenoxy) is 1. The molecule has 1 amide bonds. The van der Waals surface area contributed by atoms with Gasteiger partial charge in [-0.1, -0.05) is 72.9 Å². The van der Waals surface area contributed by atoms with E-state index in [1.165, 1.54) is 6.08 Å². The van der Waals surface area contributed by atoms with E-state index >= 15 is 0 Å². The van der Waals surface area contributed by atoms with Gasteiger partial charge in [0.05, 0.1) is 16.1 Å². The maximum Gasteiger partial charge on any atom is 0.331 e. The Morgan fingerprint density at radius 1 is 1.11 bits per heavy atom. The molecule has 0 aliphatic carbocycles. The average molecular weight is 406 g/mol. The summed E-state index contributed by atoms with van der Waals surface area (Å²) in [5.74, 6) is -0.948. The fourth-order valence-electron chi connectivity index (χ4n) is 2.50. The van der Waals surface area contributed by atoms with Crippen molar-refractivity contribution in [2.24, 2.45) is 0 Å². The molecule has 0 saturated carbocycles. The van der Waals surface area contributed by atoms with Crippen molar-refractivity contribution in [3.63, 3.8) is 0 Å². The molecule has 0 bridgehead atoms. The van der Waals surface area contributed by atoms with Crippen LogP contribution in [0.3, 0.4) is 0 Å². The van der Waals surface area contributed by atoms with Crippen LogP contribution in [-0.2, 0) is 14.3 Å². The molecule has 0 aliphatic heterocycles. The highest BCUT2D eigenvalue weighted by Crippen LogP contribution is 2.23. The zero-order valence-corrected chi connectivity index (χ0v) is 16.5. The van der Waals surface area contributed by atoms with Gasteiger partial charge in [-0.15, -0.1) is 0 Å². The molecule has 142 valence electrons. The Morgan fingerprint density at radius 2 is 1.85 bits per heavy atom. The van der Waals surface area contributed by atoms with E-state index in [0.717, 1.165) is 18.4 Å². The summed E-state index contributed by atoms with van der Waals surface area (Å²) < 4.78 is 5.00. The lowest BCUT2D eigenvalue weighted by Gasteiger charge is -2.18. The molecular formula is C21H21Cl2NO3. The van der Waals surface area contributed by atoms with E-state index in [1.807, 2.05) is 30.3 Å². The standard InChI is InChI=1S/C21H21Cl2NO3/c1-2-6-19(16-7-4-3-5-8-16)24-20(25)14-27-21(26)12-10-15-9-11-17(22)18(23)13-15/h3-5,7-13,19H,2,6,14H2,1H3,(H,24,25)/b12-10+/t19-/m1/s1. The second-order valence-corrected chi connectivity index (χ2v) is 6.75. The summed E-state index contributed by atoms with van der Waals surface area (Å²) in [5.41, 5.74) is 1.73. The first-order valence-electron chi connectivity index (χ1n) is 8.63. The number of hydrogen-bond acceptors (Lipinski definition) is 3. The highest BCUT2D eigenvalue weighted by atomic mass is 35.5. The topological polar surface area (TPSA) is 55.4 Å². The summed E-state index contributed by atoms with van der Waals surface area (Å²) >= 11 is 11.8. The number of carbonyl (C=O) groups excluding carboxylic acids is 2. The van der Waals surface area contributed by atoms with Gasteiger partial charge in [-0.25, -0.2) is 4.79 Å². The van der Waals surface area contributed by atoms with Crippen molar-refractivity contribution in [1.82, 2.24) is 5.32 Å². The van der Waals surface area contributed by atoms with E-state index in [0.29, 0.717) is 15.6 Å². The quantitative estimate of drug-likeness (QED) is 0.484. The van der Waals surface area contributed by atoms with Crippen LogP contribution in [0.5, 0.6) is 0 Å². The monoisotopic (exact) mass is 405 g/mol. The molecule has 6 heteroatoms. The number of amides is 1. The minimum atomic E-state index is -0.608. The van der Waals surface area contributed by atoms with Gasteiger partial charge in [0.25, 0.3) is 5.91 Å². The number of nitrogens with one attached hydrogen (secondary N) is 1. The van der Waals surface area contributed by atoms with Gasteiger partial charge in [-0.05, 0) is 35.8 Å². The molecule has 1 atom stereocenters. The Morgan fingerprint density at radius 3 is 2.52 bits per heavy atom. The molecule has 0 spiro atoms. The summed E-state index contributed by atoms with van der Waals surface area (Å²) in [5, 5.41) is 3.74. The van der Waals surface area contributed by atoms with Gasteiger partial charge >= 0.3 is 5.97 Å². The SMILES string of the molecule is CCC[C@@H](NC(=O)COC(=O)/C=C/c1ccc(Cl)c(Cl)c1)c1ccccc1. The highest BCUT2D eigenvalue weighted by molar-refractivity contribution is 6.42. The van der Waals surface area contributed by atoms with Crippen LogP contribution in [0.2, 0.25) is 10.0 Å². The zero-order chi connectivity index (χ0) is 19.6. The summed E-state index contributed by atoms with van der Waals surface area (Å²) in [7, 11) is 0. The number of carbonyl (C=O) groups is 2. The van der Waals surface area contributed by atoms with Gasteiger partial charge in [0, 0.05) is 6.08 Å². The summed E-state index contributed by atoms with van der Waals surface area (Å²) in [6.45, 7) is 1.72. The number of esters is 1. The molecule has 1 N–H and O–H groups in total. The zero-order valence-electron chi connectivity index (χ0n) is 15.0. The number of halogens is 2. The van der Waals surface area contributed by atoms with E-state index < -0.39 is 5.97 Å². The molecule has 2 rings (SSSR count). The lowest BCUT2D eigenvalue weighted by Crippen LogP contribution is -2.32. The molecule has 0 unspecified atom stereocenters. The predicted octanol–water partition coefficient (Wildman–Crippen LogP) is 5.21. The largest absolute Gasteiger partial charge is 0.452 e. The molecule has 0 heterocycles. The van der Waals surface area contributed by atoms with Crippen molar-refractivity contribution in [2.75, 3.05) is 6.61 Å². The van der Waals surface area contributed by atoms with Gasteiger partial charge in [-0.3, -0.25) is 4.79 Å². The van der Waals surface area contributed by atoms with Crippen molar-refractivity contribution >= 4 is 41.2 Å². The molecule has 2 aromatic carbocycles. The summed E-state index contributed by atoms with van der Waals surface area (Å²) in [6.07, 6.45) is 4.52. The maximum atomic E-state index is 12.1. The minimum absolute atomic E-state index is 0.103. The third-order valence-corrected chi connectivity index (χ3v) is 4.55. The molecule has 27 heavy (non-hydrogen) atoms. The van der Waals surface area contributed by atoms with E-state index in [9.17, 15) is 9.59 Å². The Balaban J connectivity index is 1.85. The van der Waals surface area contributed by atoms with Crippen LogP contribution in [0.15, 0.2) is 54.6 Å². The molecule has 0 aliphatic rings. The van der Waals surface area contributed by atoms with Crippen molar-refractivity contribution in [3.8, 4) is 0 Å². The van der Waals surface area contributed by atoms with Gasteiger partial charge in [-0.2, -0.15) is 0 Å². The first-order chi connectivity index (χ1) is 13.0. The van der Waals surface area contributed by atoms with Crippen LogP contribution in [0.4, 0.5) is 0 Å². The lowest BCUT2D eigenvalue weighted by atomic mass is 10.0. The maximum absolute atomic E-state index is 12.1. The number of hydrogen-bond donors (Lipinski definition) is 1. The first-order valence-corrected chi connectivity index (χ1v) is 9.39. The highest BCUT2D eigenvalue weighted by Gasteiger charge is 2.14. The minimum Gasteiger partial charge on any atom is -0.452 e. The van der Waals surface area contributed by atoms with Crippen LogP contribution in [-0.4, -0.2) is 18.5 Å². The average Bonchev–Trinajstić information content (AvgIpc) is 2.67. The van der Waals surface area contributed by atoms with E-state index in [1.54, 1.807) is 24.3 Å². The molecule has 4 nitrogen and oxygen atoms in total. The molecule has 0 saturated heterocycles. The second kappa shape index (κ2) is 10.8. The molecular weight excluding hydrogens is 385 g/mol. The Labute approximate surface area is 169 Å². The fourth-order valence-corrected chi connectivity index (χ4v) is 2.80. The number of rotatable bonds is 8. The summed E-state index contributed by atoms with van der Waals surface area (Å²) in [4.78, 5) is 23.9. The van der Waals surface area contributed by atoms with E-state index in [4.69, 9.17) is 27.9 Å². The molecule has 2 aromatic rings. The van der Waals surface area contributed by atoms with Crippen LogP contribution >= 0.6 is 23.2 Å². The van der Waals surface area contributed by atoms with Crippen molar-refractivity contribution in [2.45, 2.75) is 25.8 Å². The van der Waals surface area contributed by atoms with Gasteiger partial charge in [0.2, 0.25) is 0 Å². The third-order valence-electron chi connectivity index (χ3n) is 3.82. The van der Waals surface area contributed by atoms with Crippen molar-refractivity contribution in [3.05, 3.63) is 75.8 Å². The van der Waals surface area contributed by atoms with Crippen LogP contribution in [0.25, 0.3) is 6.08 Å². The van der Waals surface area contributed by atoms with E-state index in [2.05, 4.69) is 12.2 Å². The Kier molecular flexibility index (Phi) is 8.37. The molecule has 0 aromatic heterocycles. The normalized spacial score (nSPS) is 12.0. The Hall–Kier alpha value is -2.30. The van der Waals surface area contributed by atoms with Crippen LogP contribution in [0.1, 0.15) is 36.9 Å². The second-order valence-electron chi connectivity index (χ2n) is 5.93. The van der Waals surface area contributed by atoms with Gasteiger partial charge in [0.15, 0.2) is 6.61 Å². The van der Waals surface area contributed by atoms with Crippen molar-refractivity contribution in [1.29, 1.82) is 0 Å². The van der Waals surface area contributed by atoms with E-state index in [-0.39, 0.29) is 18.6 Å². The predicted molar refractivity (Wildman–Crippen MR) is 109 cm³/mol. The van der Waals surface area contributed by atoms with Gasteiger partial charge in [0.1, 0.15) is 0 Å². The summed E-state index contributed by atoms with van der Waals surface area (Å²) in [6, 6.07) is 14.6.